The number of carbonyl (C=O) groups is 1. The molecule has 0 radical (unpaired) electrons. The second-order valence-electron chi connectivity index (χ2n) is 7.06. The van der Waals surface area contributed by atoms with Gasteiger partial charge in [-0.1, -0.05) is 23.7 Å². The largest absolute Gasteiger partial charge is 0.488 e. The Bertz CT molecular complexity index is 1190. The smallest absolute Gasteiger partial charge is 0.423 e. The quantitative estimate of drug-likeness (QED) is 0.508. The molecule has 1 amide bonds. The van der Waals surface area contributed by atoms with Crippen molar-refractivity contribution in [3.8, 4) is 0 Å². The SMILES string of the molecule is O=C(c1ccc(B(O)O)cc1)N1CCN(S(=O)(=O)c2cc3cc(Cl)ccc3[nH]2)CC1. The van der Waals surface area contributed by atoms with Gasteiger partial charge in [-0.15, -0.1) is 0 Å². The first kappa shape index (κ1) is 20.9. The van der Waals surface area contributed by atoms with Gasteiger partial charge < -0.3 is 19.9 Å². The highest BCUT2D eigenvalue weighted by atomic mass is 35.5. The number of sulfonamides is 1. The Balaban J connectivity index is 1.45. The topological polar surface area (TPSA) is 114 Å². The van der Waals surface area contributed by atoms with Gasteiger partial charge in [0.15, 0.2) is 0 Å². The number of H-pyrrole nitrogens is 1. The normalized spacial score (nSPS) is 15.5. The molecule has 0 bridgehead atoms. The molecule has 2 aromatic carbocycles. The molecule has 1 saturated heterocycles. The molecule has 30 heavy (non-hydrogen) atoms. The Morgan fingerprint density at radius 2 is 1.67 bits per heavy atom. The van der Waals surface area contributed by atoms with Gasteiger partial charge in [0, 0.05) is 47.7 Å². The van der Waals surface area contributed by atoms with Crippen LogP contribution in [0.25, 0.3) is 10.9 Å². The first-order chi connectivity index (χ1) is 14.3. The fraction of sp³-hybridized carbons (Fsp3) is 0.211. The molecular formula is C19H19BClN3O5S. The monoisotopic (exact) mass is 447 g/mol. The standard InChI is InChI=1S/C19H19BClN3O5S/c21-16-5-6-17-14(11-16)12-18(22-17)30(28,29)24-9-7-23(8-10-24)19(25)13-1-3-15(4-2-13)20(26)27/h1-6,11-12,22,26-27H,7-10H2. The van der Waals surface area contributed by atoms with E-state index in [4.69, 9.17) is 21.6 Å². The van der Waals surface area contributed by atoms with E-state index in [2.05, 4.69) is 4.98 Å². The van der Waals surface area contributed by atoms with Crippen LogP contribution in [0.2, 0.25) is 5.02 Å². The average Bonchev–Trinajstić information content (AvgIpc) is 3.17. The summed E-state index contributed by atoms with van der Waals surface area (Å²) < 4.78 is 27.4. The van der Waals surface area contributed by atoms with Crippen LogP contribution in [-0.2, 0) is 10.0 Å². The van der Waals surface area contributed by atoms with Crippen LogP contribution in [0.5, 0.6) is 0 Å². The van der Waals surface area contributed by atoms with Crippen molar-refractivity contribution in [1.82, 2.24) is 14.2 Å². The zero-order valence-electron chi connectivity index (χ0n) is 15.8. The number of carbonyl (C=O) groups excluding carboxylic acids is 1. The minimum atomic E-state index is -3.72. The number of piperazine rings is 1. The van der Waals surface area contributed by atoms with E-state index in [0.717, 1.165) is 0 Å². The molecule has 1 aromatic heterocycles. The van der Waals surface area contributed by atoms with Gasteiger partial charge in [0.05, 0.1) is 0 Å². The lowest BCUT2D eigenvalue weighted by Gasteiger charge is -2.33. The van der Waals surface area contributed by atoms with Crippen molar-refractivity contribution in [3.63, 3.8) is 0 Å². The zero-order chi connectivity index (χ0) is 21.5. The number of aromatic nitrogens is 1. The Labute approximate surface area is 178 Å². The van der Waals surface area contributed by atoms with Crippen molar-refractivity contribution in [1.29, 1.82) is 0 Å². The first-order valence-corrected chi connectivity index (χ1v) is 11.1. The first-order valence-electron chi connectivity index (χ1n) is 9.29. The maximum atomic E-state index is 13.0. The predicted molar refractivity (Wildman–Crippen MR) is 114 cm³/mol. The number of hydrogen-bond acceptors (Lipinski definition) is 5. The summed E-state index contributed by atoms with van der Waals surface area (Å²) in [5.74, 6) is -0.230. The van der Waals surface area contributed by atoms with E-state index in [1.165, 1.54) is 28.6 Å². The molecule has 11 heteroatoms. The molecule has 0 atom stereocenters. The van der Waals surface area contributed by atoms with Crippen LogP contribution >= 0.6 is 11.6 Å². The number of halogens is 1. The van der Waals surface area contributed by atoms with Crippen LogP contribution in [0.15, 0.2) is 53.6 Å². The molecule has 0 spiro atoms. The molecule has 4 rings (SSSR count). The van der Waals surface area contributed by atoms with Crippen LogP contribution in [-0.4, -0.2) is 71.9 Å². The molecule has 0 unspecified atom stereocenters. The van der Waals surface area contributed by atoms with Gasteiger partial charge in [-0.05, 0) is 41.9 Å². The van der Waals surface area contributed by atoms with E-state index in [9.17, 15) is 13.2 Å². The lowest BCUT2D eigenvalue weighted by atomic mass is 9.80. The molecule has 2 heterocycles. The summed E-state index contributed by atoms with van der Waals surface area (Å²) in [4.78, 5) is 17.2. The Morgan fingerprint density at radius 3 is 2.30 bits per heavy atom. The molecule has 8 nitrogen and oxygen atoms in total. The Kier molecular flexibility index (Phi) is 5.60. The van der Waals surface area contributed by atoms with E-state index in [-0.39, 0.29) is 37.1 Å². The summed E-state index contributed by atoms with van der Waals surface area (Å²) >= 11 is 5.98. The van der Waals surface area contributed by atoms with Crippen molar-refractivity contribution in [2.45, 2.75) is 5.03 Å². The summed E-state index contributed by atoms with van der Waals surface area (Å²) in [6, 6.07) is 12.7. The van der Waals surface area contributed by atoms with Gasteiger partial charge in [-0.25, -0.2) is 8.42 Å². The fourth-order valence-corrected chi connectivity index (χ4v) is 5.08. The predicted octanol–water partition coefficient (Wildman–Crippen LogP) is 0.648. The van der Waals surface area contributed by atoms with Gasteiger partial charge in [0.1, 0.15) is 5.03 Å². The van der Waals surface area contributed by atoms with Crippen molar-refractivity contribution in [3.05, 3.63) is 59.1 Å². The molecule has 1 aliphatic rings. The highest BCUT2D eigenvalue weighted by Crippen LogP contribution is 2.25. The number of aromatic amines is 1. The molecule has 156 valence electrons. The maximum absolute atomic E-state index is 13.0. The molecular weight excluding hydrogens is 429 g/mol. The summed E-state index contributed by atoms with van der Waals surface area (Å²) in [5.41, 5.74) is 1.38. The lowest BCUT2D eigenvalue weighted by molar-refractivity contribution is 0.0698. The van der Waals surface area contributed by atoms with Crippen LogP contribution in [0.1, 0.15) is 10.4 Å². The third-order valence-electron chi connectivity index (χ3n) is 5.16. The fourth-order valence-electron chi connectivity index (χ4n) is 3.47. The van der Waals surface area contributed by atoms with E-state index in [1.54, 1.807) is 29.2 Å². The minimum absolute atomic E-state index is 0.0951. The third-order valence-corrected chi connectivity index (χ3v) is 7.21. The highest BCUT2D eigenvalue weighted by Gasteiger charge is 2.31. The van der Waals surface area contributed by atoms with E-state index in [0.29, 0.717) is 27.0 Å². The number of nitrogens with zero attached hydrogens (tertiary/aromatic N) is 2. The number of nitrogens with one attached hydrogen (secondary N) is 1. The zero-order valence-corrected chi connectivity index (χ0v) is 17.4. The number of amides is 1. The van der Waals surface area contributed by atoms with Gasteiger partial charge in [0.25, 0.3) is 15.9 Å². The lowest BCUT2D eigenvalue weighted by Crippen LogP contribution is -2.50. The van der Waals surface area contributed by atoms with E-state index < -0.39 is 17.1 Å². The van der Waals surface area contributed by atoms with Crippen LogP contribution in [0.3, 0.4) is 0 Å². The van der Waals surface area contributed by atoms with Gasteiger partial charge >= 0.3 is 7.12 Å². The third kappa shape index (κ3) is 3.97. The van der Waals surface area contributed by atoms with E-state index in [1.807, 2.05) is 0 Å². The van der Waals surface area contributed by atoms with Crippen molar-refractivity contribution < 1.29 is 23.3 Å². The minimum Gasteiger partial charge on any atom is -0.423 e. The number of benzene rings is 2. The van der Waals surface area contributed by atoms with Crippen LogP contribution in [0.4, 0.5) is 0 Å². The number of fused-ring (bicyclic) bond motifs is 1. The molecule has 1 aliphatic heterocycles. The Hall–Kier alpha value is -2.37. The molecule has 0 aliphatic carbocycles. The highest BCUT2D eigenvalue weighted by molar-refractivity contribution is 7.89. The molecule has 3 aromatic rings. The van der Waals surface area contributed by atoms with Crippen LogP contribution in [0, 0.1) is 0 Å². The second-order valence-corrected chi connectivity index (χ2v) is 9.40. The maximum Gasteiger partial charge on any atom is 0.488 e. The summed E-state index contributed by atoms with van der Waals surface area (Å²) in [7, 11) is -5.32. The summed E-state index contributed by atoms with van der Waals surface area (Å²) in [6.45, 7) is 0.873. The van der Waals surface area contributed by atoms with Crippen molar-refractivity contribution >= 4 is 51.0 Å². The number of hydrogen-bond donors (Lipinski definition) is 3. The summed E-state index contributed by atoms with van der Waals surface area (Å²) in [6.07, 6.45) is 0. The Morgan fingerprint density at radius 1 is 1.00 bits per heavy atom. The number of rotatable bonds is 4. The average molecular weight is 448 g/mol. The second kappa shape index (κ2) is 8.05. The van der Waals surface area contributed by atoms with E-state index >= 15 is 0 Å². The van der Waals surface area contributed by atoms with Gasteiger partial charge in [0.2, 0.25) is 0 Å². The van der Waals surface area contributed by atoms with Crippen molar-refractivity contribution in [2.24, 2.45) is 0 Å². The molecule has 0 saturated carbocycles. The summed E-state index contributed by atoms with van der Waals surface area (Å²) in [5, 5.41) is 19.6. The van der Waals surface area contributed by atoms with Gasteiger partial charge in [-0.2, -0.15) is 4.31 Å². The molecule has 1 fully saturated rings. The van der Waals surface area contributed by atoms with Gasteiger partial charge in [-0.3, -0.25) is 4.79 Å². The molecule has 3 N–H and O–H groups in total. The van der Waals surface area contributed by atoms with Crippen molar-refractivity contribution in [2.75, 3.05) is 26.2 Å². The van der Waals surface area contributed by atoms with Crippen LogP contribution < -0.4 is 5.46 Å².